The highest BCUT2D eigenvalue weighted by Crippen LogP contribution is 2.21. The molecule has 2 saturated heterocycles. The van der Waals surface area contributed by atoms with Crippen molar-refractivity contribution in [1.82, 2.24) is 19.6 Å². The number of piperidine rings is 1. The van der Waals surface area contributed by atoms with Crippen LogP contribution in [0.15, 0.2) is 24.3 Å². The first-order valence-corrected chi connectivity index (χ1v) is 11.6. The Morgan fingerprint density at radius 1 is 1.10 bits per heavy atom. The minimum absolute atomic E-state index is 0.270. The second kappa shape index (κ2) is 11.7. The zero-order valence-corrected chi connectivity index (χ0v) is 19.2. The first-order valence-electron chi connectivity index (χ1n) is 11.6. The van der Waals surface area contributed by atoms with E-state index >= 15 is 0 Å². The quantitative estimate of drug-likeness (QED) is 0.616. The Morgan fingerprint density at radius 2 is 1.83 bits per heavy atom. The number of carbonyl (C=O) groups is 1. The van der Waals surface area contributed by atoms with Crippen molar-refractivity contribution in [2.45, 2.75) is 26.2 Å². The Balaban J connectivity index is 1.41. The molecule has 2 heterocycles. The smallest absolute Gasteiger partial charge is 0.236 e. The largest absolute Gasteiger partial charge is 0.496 e. The molecule has 6 nitrogen and oxygen atoms in total. The van der Waals surface area contributed by atoms with Crippen molar-refractivity contribution >= 4 is 5.91 Å². The summed E-state index contributed by atoms with van der Waals surface area (Å²) in [6.45, 7) is 12.2. The van der Waals surface area contributed by atoms with Gasteiger partial charge in [0.05, 0.1) is 13.7 Å². The van der Waals surface area contributed by atoms with Crippen LogP contribution >= 0.6 is 0 Å². The first kappa shape index (κ1) is 23.0. The van der Waals surface area contributed by atoms with Crippen molar-refractivity contribution in [1.29, 1.82) is 0 Å². The molecule has 1 unspecified atom stereocenters. The summed E-state index contributed by atoms with van der Waals surface area (Å²) in [4.78, 5) is 22.0. The maximum Gasteiger partial charge on any atom is 0.236 e. The van der Waals surface area contributed by atoms with Crippen molar-refractivity contribution in [3.63, 3.8) is 0 Å². The molecule has 1 aromatic carbocycles. The van der Waals surface area contributed by atoms with Gasteiger partial charge in [0.1, 0.15) is 5.75 Å². The van der Waals surface area contributed by atoms with Gasteiger partial charge in [0.25, 0.3) is 0 Å². The van der Waals surface area contributed by atoms with Crippen molar-refractivity contribution in [3.05, 3.63) is 29.8 Å². The molecule has 0 aliphatic carbocycles. The molecule has 1 amide bonds. The van der Waals surface area contributed by atoms with Gasteiger partial charge >= 0.3 is 0 Å². The van der Waals surface area contributed by atoms with Gasteiger partial charge in [-0.25, -0.2) is 0 Å². The predicted octanol–water partition coefficient (Wildman–Crippen LogP) is 2.05. The number of likely N-dealkylation sites (tertiary alicyclic amines) is 1. The molecular formula is C24H40N4O2. The number of piperazine rings is 1. The average Bonchev–Trinajstić information content (AvgIpc) is 2.78. The number of hydrogen-bond donors (Lipinski definition) is 0. The normalized spacial score (nSPS) is 21.5. The van der Waals surface area contributed by atoms with E-state index in [9.17, 15) is 4.79 Å². The lowest BCUT2D eigenvalue weighted by atomic mass is 9.97. The van der Waals surface area contributed by atoms with Crippen molar-refractivity contribution in [3.8, 4) is 5.75 Å². The Labute approximate surface area is 182 Å². The van der Waals surface area contributed by atoms with E-state index in [2.05, 4.69) is 33.8 Å². The van der Waals surface area contributed by atoms with Crippen molar-refractivity contribution < 1.29 is 9.53 Å². The zero-order valence-electron chi connectivity index (χ0n) is 19.2. The number of ether oxygens (including phenoxy) is 1. The third-order valence-corrected chi connectivity index (χ3v) is 6.72. The molecule has 1 aromatic rings. The highest BCUT2D eigenvalue weighted by Gasteiger charge is 2.24. The summed E-state index contributed by atoms with van der Waals surface area (Å²) in [6.07, 6.45) is 3.45. The van der Waals surface area contributed by atoms with Gasteiger partial charge in [-0.2, -0.15) is 0 Å². The maximum atomic E-state index is 12.7. The van der Waals surface area contributed by atoms with Gasteiger partial charge in [0.15, 0.2) is 0 Å². The van der Waals surface area contributed by atoms with E-state index in [0.29, 0.717) is 12.5 Å². The molecule has 2 aliphatic rings. The summed E-state index contributed by atoms with van der Waals surface area (Å²) < 4.78 is 5.49. The molecule has 2 fully saturated rings. The number of likely N-dealkylation sites (N-methyl/N-ethyl adjacent to an activating group) is 2. The van der Waals surface area contributed by atoms with Crippen LogP contribution in [0.5, 0.6) is 5.75 Å². The van der Waals surface area contributed by atoms with E-state index in [1.165, 1.54) is 18.4 Å². The van der Waals surface area contributed by atoms with Crippen LogP contribution in [0.1, 0.15) is 25.3 Å². The third-order valence-electron chi connectivity index (χ3n) is 6.72. The van der Waals surface area contributed by atoms with Gasteiger partial charge in [0, 0.05) is 52.9 Å². The standard InChI is InChI=1S/C24H40N4O2/c1-4-26-14-16-28(17-15-26)20-24(29)25(2)18-21-8-7-12-27(19-21)13-11-22-9-5-6-10-23(22)30-3/h5-6,9-10,21H,4,7-8,11-20H2,1-3H3. The number of methoxy groups -OCH3 is 1. The molecule has 1 atom stereocenters. The van der Waals surface area contributed by atoms with E-state index in [1.54, 1.807) is 7.11 Å². The van der Waals surface area contributed by atoms with Gasteiger partial charge in [-0.1, -0.05) is 25.1 Å². The number of carbonyl (C=O) groups excluding carboxylic acids is 1. The van der Waals surface area contributed by atoms with Crippen LogP contribution in [0.25, 0.3) is 0 Å². The number of benzene rings is 1. The summed E-state index contributed by atoms with van der Waals surface area (Å²) in [7, 11) is 3.73. The van der Waals surface area contributed by atoms with Crippen LogP contribution in [0.4, 0.5) is 0 Å². The summed E-state index contributed by atoms with van der Waals surface area (Å²) in [5.41, 5.74) is 1.28. The lowest BCUT2D eigenvalue weighted by molar-refractivity contribution is -0.132. The van der Waals surface area contributed by atoms with Gasteiger partial charge in [-0.05, 0) is 49.9 Å². The minimum atomic E-state index is 0.270. The number of nitrogens with zero attached hydrogens (tertiary/aromatic N) is 4. The molecule has 0 aromatic heterocycles. The second-order valence-corrected chi connectivity index (χ2v) is 8.86. The fraction of sp³-hybridized carbons (Fsp3) is 0.708. The Morgan fingerprint density at radius 3 is 2.57 bits per heavy atom. The van der Waals surface area contributed by atoms with E-state index < -0.39 is 0 Å². The molecule has 3 rings (SSSR count). The number of amides is 1. The van der Waals surface area contributed by atoms with E-state index in [0.717, 1.165) is 71.1 Å². The van der Waals surface area contributed by atoms with Crippen LogP contribution in [0.2, 0.25) is 0 Å². The molecule has 0 saturated carbocycles. The second-order valence-electron chi connectivity index (χ2n) is 8.86. The van der Waals surface area contributed by atoms with Crippen molar-refractivity contribution in [2.24, 2.45) is 5.92 Å². The van der Waals surface area contributed by atoms with Crippen molar-refractivity contribution in [2.75, 3.05) is 79.6 Å². The van der Waals surface area contributed by atoms with Crippen LogP contribution in [-0.4, -0.2) is 105 Å². The highest BCUT2D eigenvalue weighted by molar-refractivity contribution is 5.78. The number of rotatable bonds is 9. The average molecular weight is 417 g/mol. The molecule has 168 valence electrons. The van der Waals surface area contributed by atoms with Gasteiger partial charge in [-0.15, -0.1) is 0 Å². The topological polar surface area (TPSA) is 39.3 Å². The Bertz CT molecular complexity index is 660. The summed E-state index contributed by atoms with van der Waals surface area (Å²) in [5.74, 6) is 1.82. The van der Waals surface area contributed by atoms with Gasteiger partial charge in [-0.3, -0.25) is 9.69 Å². The Hall–Kier alpha value is -1.63. The van der Waals surface area contributed by atoms with E-state index in [1.807, 2.05) is 24.1 Å². The third kappa shape index (κ3) is 6.69. The SMILES string of the molecule is CCN1CCN(CC(=O)N(C)CC2CCCN(CCc3ccccc3OC)C2)CC1. The Kier molecular flexibility index (Phi) is 8.97. The fourth-order valence-corrected chi connectivity index (χ4v) is 4.76. The van der Waals surface area contributed by atoms with Crippen LogP contribution in [-0.2, 0) is 11.2 Å². The molecule has 6 heteroatoms. The lowest BCUT2D eigenvalue weighted by Gasteiger charge is -2.36. The van der Waals surface area contributed by atoms with Gasteiger partial charge < -0.3 is 19.4 Å². The molecule has 30 heavy (non-hydrogen) atoms. The summed E-state index contributed by atoms with van der Waals surface area (Å²) >= 11 is 0. The van der Waals surface area contributed by atoms with Crippen LogP contribution in [0.3, 0.4) is 0 Å². The zero-order chi connectivity index (χ0) is 21.3. The number of hydrogen-bond acceptors (Lipinski definition) is 5. The fourth-order valence-electron chi connectivity index (χ4n) is 4.76. The summed E-state index contributed by atoms with van der Waals surface area (Å²) in [5, 5.41) is 0. The lowest BCUT2D eigenvalue weighted by Crippen LogP contribution is -2.50. The monoisotopic (exact) mass is 416 g/mol. The minimum Gasteiger partial charge on any atom is -0.496 e. The highest BCUT2D eigenvalue weighted by atomic mass is 16.5. The summed E-state index contributed by atoms with van der Waals surface area (Å²) in [6, 6.07) is 8.30. The molecule has 0 radical (unpaired) electrons. The van der Waals surface area contributed by atoms with Crippen LogP contribution in [0, 0.1) is 5.92 Å². The van der Waals surface area contributed by atoms with E-state index in [-0.39, 0.29) is 5.91 Å². The molecule has 0 N–H and O–H groups in total. The maximum absolute atomic E-state index is 12.7. The predicted molar refractivity (Wildman–Crippen MR) is 122 cm³/mol. The molecule has 0 bridgehead atoms. The molecular weight excluding hydrogens is 376 g/mol. The first-order chi connectivity index (χ1) is 14.6. The van der Waals surface area contributed by atoms with Crippen LogP contribution < -0.4 is 4.74 Å². The molecule has 2 aliphatic heterocycles. The number of para-hydroxylation sites is 1. The van der Waals surface area contributed by atoms with Gasteiger partial charge in [0.2, 0.25) is 5.91 Å². The van der Waals surface area contributed by atoms with E-state index in [4.69, 9.17) is 4.74 Å². The molecule has 0 spiro atoms.